The maximum atomic E-state index is 4.75. The second kappa shape index (κ2) is 6.75. The van der Waals surface area contributed by atoms with Crippen LogP contribution in [0.5, 0.6) is 0 Å². The van der Waals surface area contributed by atoms with Gasteiger partial charge in [0.25, 0.3) is 0 Å². The standard InChI is InChI=1S/C18H16BrN5/c19-17-3-1-2-15(22-17)12-24-9-6-16-14(11-24)10-21-18(23-16)13-4-7-20-8-5-13/h1-5,7-8,10H,6,9,11-12H2. The quantitative estimate of drug-likeness (QED) is 0.651. The summed E-state index contributed by atoms with van der Waals surface area (Å²) in [5.74, 6) is 0.776. The van der Waals surface area contributed by atoms with Crippen molar-refractivity contribution in [2.45, 2.75) is 19.5 Å². The molecule has 0 N–H and O–H groups in total. The van der Waals surface area contributed by atoms with Crippen molar-refractivity contribution in [1.82, 2.24) is 24.8 Å². The molecule has 1 aliphatic heterocycles. The molecular formula is C18H16BrN5. The van der Waals surface area contributed by atoms with Crippen molar-refractivity contribution in [3.05, 3.63) is 70.5 Å². The van der Waals surface area contributed by atoms with Crippen molar-refractivity contribution in [1.29, 1.82) is 0 Å². The summed E-state index contributed by atoms with van der Waals surface area (Å²) in [4.78, 5) is 20.2. The molecular weight excluding hydrogens is 366 g/mol. The first-order valence-corrected chi connectivity index (χ1v) is 8.66. The average Bonchev–Trinajstić information content (AvgIpc) is 2.62. The molecule has 0 spiro atoms. The molecule has 0 unspecified atom stereocenters. The van der Waals surface area contributed by atoms with E-state index < -0.39 is 0 Å². The summed E-state index contributed by atoms with van der Waals surface area (Å²) < 4.78 is 0.878. The van der Waals surface area contributed by atoms with Crippen LogP contribution in [0.3, 0.4) is 0 Å². The molecule has 0 saturated carbocycles. The molecule has 3 aromatic heterocycles. The molecule has 0 aromatic carbocycles. The minimum absolute atomic E-state index is 0.776. The molecule has 0 aliphatic carbocycles. The molecule has 0 saturated heterocycles. The van der Waals surface area contributed by atoms with Gasteiger partial charge in [-0.15, -0.1) is 0 Å². The Morgan fingerprint density at radius 1 is 1.08 bits per heavy atom. The van der Waals surface area contributed by atoms with Crippen molar-refractivity contribution >= 4 is 15.9 Å². The molecule has 6 heteroatoms. The molecule has 120 valence electrons. The summed E-state index contributed by atoms with van der Waals surface area (Å²) >= 11 is 3.43. The molecule has 0 amide bonds. The smallest absolute Gasteiger partial charge is 0.159 e. The molecule has 3 aromatic rings. The van der Waals surface area contributed by atoms with E-state index in [1.807, 2.05) is 30.5 Å². The Labute approximate surface area is 149 Å². The van der Waals surface area contributed by atoms with Gasteiger partial charge in [0.05, 0.1) is 11.4 Å². The van der Waals surface area contributed by atoms with E-state index in [9.17, 15) is 0 Å². The predicted octanol–water partition coefficient (Wildman–Crippen LogP) is 3.25. The average molecular weight is 382 g/mol. The van der Waals surface area contributed by atoms with E-state index in [0.29, 0.717) is 0 Å². The lowest BCUT2D eigenvalue weighted by atomic mass is 10.1. The largest absolute Gasteiger partial charge is 0.293 e. The maximum Gasteiger partial charge on any atom is 0.159 e. The van der Waals surface area contributed by atoms with Gasteiger partial charge in [-0.3, -0.25) is 9.88 Å². The third-order valence-corrected chi connectivity index (χ3v) is 4.55. The van der Waals surface area contributed by atoms with Gasteiger partial charge >= 0.3 is 0 Å². The third-order valence-electron chi connectivity index (χ3n) is 4.11. The Morgan fingerprint density at radius 2 is 1.96 bits per heavy atom. The summed E-state index contributed by atoms with van der Waals surface area (Å²) in [5, 5.41) is 0. The van der Waals surface area contributed by atoms with Crippen LogP contribution in [0.25, 0.3) is 11.4 Å². The van der Waals surface area contributed by atoms with Gasteiger partial charge in [0.1, 0.15) is 4.60 Å². The molecule has 0 fully saturated rings. The highest BCUT2D eigenvalue weighted by Gasteiger charge is 2.19. The summed E-state index contributed by atoms with van der Waals surface area (Å²) in [7, 11) is 0. The van der Waals surface area contributed by atoms with Gasteiger partial charge in [0.2, 0.25) is 0 Å². The van der Waals surface area contributed by atoms with E-state index in [1.165, 1.54) is 5.56 Å². The van der Waals surface area contributed by atoms with Gasteiger partial charge < -0.3 is 0 Å². The van der Waals surface area contributed by atoms with E-state index in [0.717, 1.165) is 53.4 Å². The zero-order chi connectivity index (χ0) is 16.4. The second-order valence-electron chi connectivity index (χ2n) is 5.81. The van der Waals surface area contributed by atoms with Crippen LogP contribution in [0.4, 0.5) is 0 Å². The Bertz CT molecular complexity index is 853. The fourth-order valence-electron chi connectivity index (χ4n) is 2.92. The minimum Gasteiger partial charge on any atom is -0.293 e. The van der Waals surface area contributed by atoms with Crippen LogP contribution in [0.15, 0.2) is 53.5 Å². The van der Waals surface area contributed by atoms with Crippen LogP contribution >= 0.6 is 15.9 Å². The first kappa shape index (κ1) is 15.4. The van der Waals surface area contributed by atoms with Crippen molar-refractivity contribution in [2.75, 3.05) is 6.54 Å². The number of nitrogens with zero attached hydrogens (tertiary/aromatic N) is 5. The van der Waals surface area contributed by atoms with Crippen molar-refractivity contribution in [2.24, 2.45) is 0 Å². The molecule has 4 heterocycles. The number of fused-ring (bicyclic) bond motifs is 1. The molecule has 0 bridgehead atoms. The van der Waals surface area contributed by atoms with Crippen LogP contribution in [0.1, 0.15) is 17.0 Å². The summed E-state index contributed by atoms with van der Waals surface area (Å²) in [6.07, 6.45) is 6.43. The summed E-state index contributed by atoms with van der Waals surface area (Å²) in [5.41, 5.74) is 4.43. The van der Waals surface area contributed by atoms with Crippen LogP contribution in [-0.4, -0.2) is 31.4 Å². The molecule has 1 aliphatic rings. The van der Waals surface area contributed by atoms with Gasteiger partial charge in [-0.05, 0) is 40.2 Å². The number of hydrogen-bond donors (Lipinski definition) is 0. The van der Waals surface area contributed by atoms with Gasteiger partial charge in [0.15, 0.2) is 5.82 Å². The third kappa shape index (κ3) is 3.34. The van der Waals surface area contributed by atoms with Gasteiger partial charge in [0, 0.05) is 55.8 Å². The van der Waals surface area contributed by atoms with Crippen molar-refractivity contribution in [3.8, 4) is 11.4 Å². The fraction of sp³-hybridized carbons (Fsp3) is 0.222. The first-order valence-electron chi connectivity index (χ1n) is 7.87. The minimum atomic E-state index is 0.776. The monoisotopic (exact) mass is 381 g/mol. The van der Waals surface area contributed by atoms with Gasteiger partial charge in [-0.25, -0.2) is 15.0 Å². The van der Waals surface area contributed by atoms with Gasteiger partial charge in [-0.1, -0.05) is 6.07 Å². The van der Waals surface area contributed by atoms with Crippen molar-refractivity contribution in [3.63, 3.8) is 0 Å². The Kier molecular flexibility index (Phi) is 4.32. The first-order chi connectivity index (χ1) is 11.8. The zero-order valence-corrected chi connectivity index (χ0v) is 14.6. The van der Waals surface area contributed by atoms with Crippen LogP contribution < -0.4 is 0 Å². The highest BCUT2D eigenvalue weighted by molar-refractivity contribution is 9.10. The second-order valence-corrected chi connectivity index (χ2v) is 6.63. The molecule has 4 rings (SSSR count). The molecule has 0 atom stereocenters. The number of halogens is 1. The highest BCUT2D eigenvalue weighted by Crippen LogP contribution is 2.21. The number of pyridine rings is 2. The maximum absolute atomic E-state index is 4.75. The summed E-state index contributed by atoms with van der Waals surface area (Å²) in [6, 6.07) is 9.91. The van der Waals surface area contributed by atoms with E-state index >= 15 is 0 Å². The van der Waals surface area contributed by atoms with Crippen molar-refractivity contribution < 1.29 is 0 Å². The lowest BCUT2D eigenvalue weighted by Gasteiger charge is -2.27. The predicted molar refractivity (Wildman–Crippen MR) is 95.0 cm³/mol. The number of hydrogen-bond acceptors (Lipinski definition) is 5. The van der Waals surface area contributed by atoms with E-state index in [4.69, 9.17) is 4.98 Å². The summed E-state index contributed by atoms with van der Waals surface area (Å²) in [6.45, 7) is 2.68. The molecule has 24 heavy (non-hydrogen) atoms. The van der Waals surface area contributed by atoms with E-state index in [-0.39, 0.29) is 0 Å². The highest BCUT2D eigenvalue weighted by atomic mass is 79.9. The molecule has 0 radical (unpaired) electrons. The van der Waals surface area contributed by atoms with Crippen LogP contribution in [0, 0.1) is 0 Å². The Balaban J connectivity index is 1.52. The van der Waals surface area contributed by atoms with Crippen LogP contribution in [0.2, 0.25) is 0 Å². The number of aromatic nitrogens is 4. The fourth-order valence-corrected chi connectivity index (χ4v) is 3.30. The Hall–Kier alpha value is -2.18. The zero-order valence-electron chi connectivity index (χ0n) is 13.1. The SMILES string of the molecule is Brc1cccc(CN2CCc3nc(-c4ccncc4)ncc3C2)n1. The van der Waals surface area contributed by atoms with Gasteiger partial charge in [-0.2, -0.15) is 0 Å². The lowest BCUT2D eigenvalue weighted by Crippen LogP contribution is -2.31. The topological polar surface area (TPSA) is 54.8 Å². The van der Waals surface area contributed by atoms with E-state index in [2.05, 4.69) is 41.8 Å². The van der Waals surface area contributed by atoms with E-state index in [1.54, 1.807) is 12.4 Å². The van der Waals surface area contributed by atoms with Crippen LogP contribution in [-0.2, 0) is 19.5 Å². The lowest BCUT2D eigenvalue weighted by molar-refractivity contribution is 0.240. The normalized spacial score (nSPS) is 14.4. The number of rotatable bonds is 3. The molecule has 5 nitrogen and oxygen atoms in total. The Morgan fingerprint density at radius 3 is 2.79 bits per heavy atom.